The Kier molecular flexibility index (Phi) is 2.34. The van der Waals surface area contributed by atoms with Gasteiger partial charge in [0.1, 0.15) is 11.3 Å². The van der Waals surface area contributed by atoms with Crippen molar-refractivity contribution >= 4 is 22.6 Å². The minimum Gasteiger partial charge on any atom is -0.338 e. The maximum Gasteiger partial charge on any atom is 0.151 e. The lowest BCUT2D eigenvalue weighted by Gasteiger charge is -1.98. The minimum absolute atomic E-state index is 0.336. The smallest absolute Gasteiger partial charge is 0.151 e. The summed E-state index contributed by atoms with van der Waals surface area (Å²) in [5, 5.41) is 0.590. The Balaban J connectivity index is 2.26. The molecule has 17 heavy (non-hydrogen) atoms. The molecule has 0 aliphatic carbocycles. The van der Waals surface area contributed by atoms with Crippen molar-refractivity contribution in [3.63, 3.8) is 0 Å². The van der Waals surface area contributed by atoms with Crippen LogP contribution in [0, 0.1) is 5.82 Å². The highest BCUT2D eigenvalue weighted by Crippen LogP contribution is 2.27. The normalized spacial score (nSPS) is 10.9. The lowest BCUT2D eigenvalue weighted by atomic mass is 10.2. The number of aromatic nitrogens is 2. The summed E-state index contributed by atoms with van der Waals surface area (Å²) in [4.78, 5) is 7.29. The highest BCUT2D eigenvalue weighted by atomic mass is 35.5. The van der Waals surface area contributed by atoms with Crippen LogP contribution in [0.15, 0.2) is 42.5 Å². The summed E-state index contributed by atoms with van der Waals surface area (Å²) in [6, 6.07) is 12.1. The van der Waals surface area contributed by atoms with Crippen LogP contribution in [0.2, 0.25) is 5.02 Å². The van der Waals surface area contributed by atoms with E-state index in [2.05, 4.69) is 9.97 Å². The molecule has 1 N–H and O–H groups in total. The van der Waals surface area contributed by atoms with E-state index < -0.39 is 0 Å². The molecule has 0 amide bonds. The summed E-state index contributed by atoms with van der Waals surface area (Å²) >= 11 is 6.07. The second-order valence-electron chi connectivity index (χ2n) is 3.70. The molecular weight excluding hydrogens is 239 g/mol. The van der Waals surface area contributed by atoms with Gasteiger partial charge in [0.25, 0.3) is 0 Å². The van der Waals surface area contributed by atoms with Gasteiger partial charge in [-0.1, -0.05) is 29.8 Å². The maximum atomic E-state index is 13.5. The molecule has 0 aliphatic rings. The molecule has 0 fully saturated rings. The van der Waals surface area contributed by atoms with Crippen molar-refractivity contribution in [2.45, 2.75) is 0 Å². The molecule has 2 aromatic carbocycles. The largest absolute Gasteiger partial charge is 0.338 e. The SMILES string of the molecule is Fc1cccc2[nH]c(-c3ccccc3Cl)nc12. The second kappa shape index (κ2) is 3.86. The predicted octanol–water partition coefficient (Wildman–Crippen LogP) is 4.02. The first-order valence-electron chi connectivity index (χ1n) is 5.15. The quantitative estimate of drug-likeness (QED) is 0.690. The Morgan fingerprint density at radius 1 is 1.06 bits per heavy atom. The first-order valence-corrected chi connectivity index (χ1v) is 5.52. The fourth-order valence-corrected chi connectivity index (χ4v) is 2.00. The monoisotopic (exact) mass is 246 g/mol. The molecule has 0 bridgehead atoms. The van der Waals surface area contributed by atoms with Gasteiger partial charge in [-0.3, -0.25) is 0 Å². The van der Waals surface area contributed by atoms with Gasteiger partial charge in [0.05, 0.1) is 10.5 Å². The van der Waals surface area contributed by atoms with E-state index in [0.717, 1.165) is 5.56 Å². The van der Waals surface area contributed by atoms with Crippen LogP contribution in [-0.2, 0) is 0 Å². The number of hydrogen-bond donors (Lipinski definition) is 1. The molecule has 2 nitrogen and oxygen atoms in total. The molecule has 0 spiro atoms. The van der Waals surface area contributed by atoms with E-state index in [9.17, 15) is 4.39 Å². The number of nitrogens with zero attached hydrogens (tertiary/aromatic N) is 1. The number of benzene rings is 2. The molecular formula is C13H8ClFN2. The zero-order valence-corrected chi connectivity index (χ0v) is 9.50. The highest BCUT2D eigenvalue weighted by Gasteiger charge is 2.10. The summed E-state index contributed by atoms with van der Waals surface area (Å²) < 4.78 is 13.5. The summed E-state index contributed by atoms with van der Waals surface area (Å²) in [6.07, 6.45) is 0. The van der Waals surface area contributed by atoms with E-state index >= 15 is 0 Å². The van der Waals surface area contributed by atoms with E-state index in [1.807, 2.05) is 18.2 Å². The van der Waals surface area contributed by atoms with Crippen molar-refractivity contribution in [2.24, 2.45) is 0 Å². The number of rotatable bonds is 1. The number of nitrogens with one attached hydrogen (secondary N) is 1. The number of H-pyrrole nitrogens is 1. The van der Waals surface area contributed by atoms with E-state index in [4.69, 9.17) is 11.6 Å². The van der Waals surface area contributed by atoms with Gasteiger partial charge < -0.3 is 4.98 Å². The maximum absolute atomic E-state index is 13.5. The predicted molar refractivity (Wildman–Crippen MR) is 66.5 cm³/mol. The van der Waals surface area contributed by atoms with Gasteiger partial charge in [-0.25, -0.2) is 9.37 Å². The van der Waals surface area contributed by atoms with Gasteiger partial charge in [0.15, 0.2) is 5.82 Å². The van der Waals surface area contributed by atoms with Gasteiger partial charge in [-0.2, -0.15) is 0 Å². The molecule has 0 saturated carbocycles. The second-order valence-corrected chi connectivity index (χ2v) is 4.11. The Morgan fingerprint density at radius 3 is 2.65 bits per heavy atom. The Bertz CT molecular complexity index is 691. The third-order valence-corrected chi connectivity index (χ3v) is 2.92. The molecule has 3 rings (SSSR count). The summed E-state index contributed by atoms with van der Waals surface area (Å²) in [6.45, 7) is 0. The van der Waals surface area contributed by atoms with Gasteiger partial charge >= 0.3 is 0 Å². The van der Waals surface area contributed by atoms with E-state index in [0.29, 0.717) is 21.9 Å². The first kappa shape index (κ1) is 10.3. The average Bonchev–Trinajstić information content (AvgIpc) is 2.75. The molecule has 3 aromatic rings. The van der Waals surface area contributed by atoms with Crippen molar-refractivity contribution in [1.82, 2.24) is 9.97 Å². The average molecular weight is 247 g/mol. The van der Waals surface area contributed by atoms with Crippen molar-refractivity contribution in [3.8, 4) is 11.4 Å². The molecule has 1 heterocycles. The van der Waals surface area contributed by atoms with Gasteiger partial charge in [0.2, 0.25) is 0 Å². The standard InChI is InChI=1S/C13H8ClFN2/c14-9-5-2-1-4-8(9)13-16-11-7-3-6-10(15)12(11)17-13/h1-7H,(H,16,17). The van der Waals surface area contributed by atoms with Crippen LogP contribution in [0.3, 0.4) is 0 Å². The van der Waals surface area contributed by atoms with Crippen LogP contribution in [0.5, 0.6) is 0 Å². The molecule has 4 heteroatoms. The van der Waals surface area contributed by atoms with Crippen molar-refractivity contribution in [3.05, 3.63) is 53.3 Å². The van der Waals surface area contributed by atoms with Crippen LogP contribution < -0.4 is 0 Å². The van der Waals surface area contributed by atoms with Crippen LogP contribution >= 0.6 is 11.6 Å². The molecule has 0 saturated heterocycles. The lowest BCUT2D eigenvalue weighted by Crippen LogP contribution is -1.81. The number of aromatic amines is 1. The molecule has 0 unspecified atom stereocenters. The topological polar surface area (TPSA) is 28.7 Å². The van der Waals surface area contributed by atoms with Gasteiger partial charge in [-0.15, -0.1) is 0 Å². The van der Waals surface area contributed by atoms with Crippen LogP contribution in [-0.4, -0.2) is 9.97 Å². The Labute approximate surface area is 102 Å². The highest BCUT2D eigenvalue weighted by molar-refractivity contribution is 6.33. The number of para-hydroxylation sites is 1. The van der Waals surface area contributed by atoms with E-state index in [1.165, 1.54) is 6.07 Å². The van der Waals surface area contributed by atoms with E-state index in [-0.39, 0.29) is 5.82 Å². The minimum atomic E-state index is -0.336. The van der Waals surface area contributed by atoms with Crippen molar-refractivity contribution in [2.75, 3.05) is 0 Å². The Morgan fingerprint density at radius 2 is 1.88 bits per heavy atom. The zero-order chi connectivity index (χ0) is 11.8. The van der Waals surface area contributed by atoms with Gasteiger partial charge in [0, 0.05) is 5.56 Å². The van der Waals surface area contributed by atoms with E-state index in [1.54, 1.807) is 18.2 Å². The number of fused-ring (bicyclic) bond motifs is 1. The third kappa shape index (κ3) is 1.68. The van der Waals surface area contributed by atoms with Crippen molar-refractivity contribution in [1.29, 1.82) is 0 Å². The summed E-state index contributed by atoms with van der Waals surface area (Å²) in [5.74, 6) is 0.243. The van der Waals surface area contributed by atoms with Crippen LogP contribution in [0.1, 0.15) is 0 Å². The Hall–Kier alpha value is -1.87. The summed E-state index contributed by atoms with van der Waals surface area (Å²) in [5.41, 5.74) is 1.77. The molecule has 0 aliphatic heterocycles. The lowest BCUT2D eigenvalue weighted by molar-refractivity contribution is 0.637. The molecule has 0 radical (unpaired) electrons. The first-order chi connectivity index (χ1) is 8.25. The number of imidazole rings is 1. The van der Waals surface area contributed by atoms with Crippen molar-refractivity contribution < 1.29 is 4.39 Å². The third-order valence-electron chi connectivity index (χ3n) is 2.59. The van der Waals surface area contributed by atoms with Gasteiger partial charge in [-0.05, 0) is 24.3 Å². The zero-order valence-electron chi connectivity index (χ0n) is 8.74. The molecule has 84 valence electrons. The molecule has 1 aromatic heterocycles. The van der Waals surface area contributed by atoms with Crippen LogP contribution in [0.25, 0.3) is 22.4 Å². The number of hydrogen-bond acceptors (Lipinski definition) is 1. The number of halogens is 2. The molecule has 0 atom stereocenters. The fraction of sp³-hybridized carbons (Fsp3) is 0. The summed E-state index contributed by atoms with van der Waals surface area (Å²) in [7, 11) is 0. The van der Waals surface area contributed by atoms with Crippen LogP contribution in [0.4, 0.5) is 4.39 Å². The fourth-order valence-electron chi connectivity index (χ4n) is 1.78.